The number of nitrogens with zero attached hydrogens (tertiary/aromatic N) is 4. The SMILES string of the molecule is [2H]c1cc2c(oc3c(-c4cc(C([2H])(C)C)c(C([2H])([2H])C([2H])([2H])c5cc(CC(C)(C)c6ccc(-c7[c-]cc(C(C)C)cc7)nc6)cc(CC(C)(C)c6ccc(-c7[c-]cc(C(C)C)cc7)nc6)c5)cn4)[c-]ccc32)c(C([2H])([2H])[2H])c1C#N.[Ir+3]. The van der Waals surface area contributed by atoms with Crippen molar-refractivity contribution in [1.29, 1.82) is 5.26 Å². The Labute approximate surface area is 454 Å². The van der Waals surface area contributed by atoms with Gasteiger partial charge in [0.25, 0.3) is 0 Å². The molecule has 9 rings (SSSR count). The zero-order chi connectivity index (χ0) is 58.1. The van der Waals surface area contributed by atoms with E-state index >= 15 is 0 Å². The first-order chi connectivity index (χ1) is 37.4. The molecule has 4 heterocycles. The van der Waals surface area contributed by atoms with Crippen molar-refractivity contribution >= 4 is 21.9 Å². The summed E-state index contributed by atoms with van der Waals surface area (Å²) in [5.41, 5.74) is 8.41. The van der Waals surface area contributed by atoms with Gasteiger partial charge in [-0.25, -0.2) is 0 Å². The molecule has 0 aliphatic heterocycles. The second kappa shape index (κ2) is 21.3. The Morgan fingerprint density at radius 2 is 1.22 bits per heavy atom. The summed E-state index contributed by atoms with van der Waals surface area (Å²) in [5, 5.41) is 10.7. The number of furan rings is 1. The monoisotopic (exact) mass is 1130 g/mol. The van der Waals surface area contributed by atoms with Gasteiger partial charge in [-0.3, -0.25) is 0 Å². The van der Waals surface area contributed by atoms with Gasteiger partial charge in [0.2, 0.25) is 0 Å². The van der Waals surface area contributed by atoms with E-state index in [0.717, 1.165) is 44.8 Å². The quantitative estimate of drug-likeness (QED) is 0.0956. The Morgan fingerprint density at radius 3 is 1.71 bits per heavy atom. The maximum absolute atomic E-state index is 9.96. The van der Waals surface area contributed by atoms with Gasteiger partial charge >= 0.3 is 20.1 Å². The number of hydrogen-bond acceptors (Lipinski definition) is 5. The number of fused-ring (bicyclic) bond motifs is 3. The van der Waals surface area contributed by atoms with Crippen LogP contribution in [0.3, 0.4) is 0 Å². The smallest absolute Gasteiger partial charge is 0.500 e. The van der Waals surface area contributed by atoms with Gasteiger partial charge in [0.05, 0.1) is 18.6 Å². The standard InChI is InChI=1S/C66H65N4O.Ir/c1-41(2)48-17-21-50(22-18-48)60-29-26-54(39-69-60)65(8,9)35-46-31-45(32-47(33-46)36-66(10,11)55-27-30-61(70-40-55)51-23-19-49(20-24-51)42(3)4)15-16-53-38-68-62(34-59(53)43(5)6)58-14-12-13-56-57-28-25-52(37-67)44(7)63(57)71-64(56)58;/h12-13,17-21,23,25-34,38-43H,15-16,35-36H2,1-11H3;/q-3;+3/i7D3,15D2,16D2,25D,43D;. The Balaban J connectivity index is 0.00000860. The van der Waals surface area contributed by atoms with E-state index in [1.54, 1.807) is 44.2 Å². The van der Waals surface area contributed by atoms with Crippen LogP contribution in [0.25, 0.3) is 55.7 Å². The number of hydrogen-bond donors (Lipinski definition) is 0. The minimum Gasteiger partial charge on any atom is -0.500 e. The van der Waals surface area contributed by atoms with Crippen LogP contribution in [-0.4, -0.2) is 15.0 Å². The van der Waals surface area contributed by atoms with Crippen molar-refractivity contribution in [3.05, 3.63) is 207 Å². The van der Waals surface area contributed by atoms with Gasteiger partial charge < -0.3 is 19.4 Å². The van der Waals surface area contributed by atoms with Crippen molar-refractivity contribution in [3.8, 4) is 39.8 Å². The second-order valence-electron chi connectivity index (χ2n) is 20.9. The number of aryl methyl sites for hydroxylation is 3. The summed E-state index contributed by atoms with van der Waals surface area (Å²) in [4.78, 5) is 14.5. The number of aromatic nitrogens is 3. The predicted molar refractivity (Wildman–Crippen MR) is 292 cm³/mol. The molecule has 0 saturated heterocycles. The Kier molecular flexibility index (Phi) is 12.1. The van der Waals surface area contributed by atoms with Crippen LogP contribution in [0.5, 0.6) is 0 Å². The first-order valence-corrected chi connectivity index (χ1v) is 24.3. The molecule has 5 aromatic carbocycles. The average Bonchev–Trinajstić information content (AvgIpc) is 3.79. The largest absolute Gasteiger partial charge is 3.00 e. The molecule has 6 heteroatoms. The summed E-state index contributed by atoms with van der Waals surface area (Å²) in [6.07, 6.45) is 0.500. The molecule has 4 aromatic heterocycles. The van der Waals surface area contributed by atoms with Crippen LogP contribution in [0.2, 0.25) is 0 Å². The number of pyridine rings is 3. The van der Waals surface area contributed by atoms with Gasteiger partial charge in [-0.05, 0) is 111 Å². The zero-order valence-electron chi connectivity index (χ0n) is 51.6. The fourth-order valence-electron chi connectivity index (χ4n) is 9.35. The van der Waals surface area contributed by atoms with E-state index < -0.39 is 36.3 Å². The summed E-state index contributed by atoms with van der Waals surface area (Å²) in [6.45, 7) is 17.5. The van der Waals surface area contributed by atoms with Crippen molar-refractivity contribution in [3.63, 3.8) is 0 Å². The van der Waals surface area contributed by atoms with Crippen LogP contribution < -0.4 is 0 Å². The molecule has 0 radical (unpaired) electrons. The van der Waals surface area contributed by atoms with Crippen LogP contribution in [0.4, 0.5) is 0 Å². The fraction of sp³-hybridized carbons (Fsp3) is 0.303. The molecule has 72 heavy (non-hydrogen) atoms. The van der Waals surface area contributed by atoms with Gasteiger partial charge in [-0.2, -0.15) is 5.26 Å². The van der Waals surface area contributed by atoms with Gasteiger partial charge in [-0.15, -0.1) is 89.0 Å². The topological polar surface area (TPSA) is 75.6 Å². The van der Waals surface area contributed by atoms with Crippen LogP contribution in [0.1, 0.15) is 161 Å². The van der Waals surface area contributed by atoms with Crippen molar-refractivity contribution < 1.29 is 36.9 Å². The molecule has 0 saturated carbocycles. The molecular weight excluding hydrogens is 1060 g/mol. The molecule has 0 fully saturated rings. The van der Waals surface area contributed by atoms with E-state index in [4.69, 9.17) is 24.9 Å². The molecule has 0 N–H and O–H groups in total. The third kappa shape index (κ3) is 10.9. The summed E-state index contributed by atoms with van der Waals surface area (Å²) in [6, 6.07) is 43.8. The Morgan fingerprint density at radius 1 is 0.667 bits per heavy atom. The number of rotatable bonds is 15. The summed E-state index contributed by atoms with van der Waals surface area (Å²) in [5.74, 6) is -0.724. The maximum Gasteiger partial charge on any atom is 3.00 e. The normalized spacial score (nSPS) is 14.6. The summed E-state index contributed by atoms with van der Waals surface area (Å²) >= 11 is 0. The molecule has 0 spiro atoms. The molecular formula is C66H65IrN4O. The fourth-order valence-corrected chi connectivity index (χ4v) is 9.35. The van der Waals surface area contributed by atoms with Crippen molar-refractivity contribution in [2.24, 2.45) is 0 Å². The van der Waals surface area contributed by atoms with E-state index in [1.165, 1.54) is 23.4 Å². The minimum atomic E-state index is -2.79. The van der Waals surface area contributed by atoms with Crippen LogP contribution >= 0.6 is 0 Å². The molecule has 0 amide bonds. The van der Waals surface area contributed by atoms with E-state index in [-0.39, 0.29) is 76.4 Å². The van der Waals surface area contributed by atoms with Gasteiger partial charge in [0, 0.05) is 40.5 Å². The molecule has 0 aliphatic rings. The van der Waals surface area contributed by atoms with Crippen molar-refractivity contribution in [1.82, 2.24) is 15.0 Å². The second-order valence-corrected chi connectivity index (χ2v) is 20.9. The zero-order valence-corrected chi connectivity index (χ0v) is 45.0. The Bertz CT molecular complexity index is 3690. The predicted octanol–water partition coefficient (Wildman–Crippen LogP) is 16.5. The van der Waals surface area contributed by atoms with E-state index in [0.29, 0.717) is 35.4 Å². The van der Waals surface area contributed by atoms with E-state index in [2.05, 4.69) is 104 Å². The average molecular weight is 1130 g/mol. The van der Waals surface area contributed by atoms with Crippen LogP contribution in [0.15, 0.2) is 132 Å². The van der Waals surface area contributed by atoms with E-state index in [1.807, 2.05) is 54.9 Å². The first-order valence-electron chi connectivity index (χ1n) is 28.8. The molecule has 0 atom stereocenters. The van der Waals surface area contributed by atoms with Gasteiger partial charge in [0.15, 0.2) is 0 Å². The van der Waals surface area contributed by atoms with Gasteiger partial charge in [0.1, 0.15) is 5.58 Å². The Hall–Kier alpha value is -6.51. The minimum absolute atomic E-state index is 0. The molecule has 0 unspecified atom stereocenters. The maximum atomic E-state index is 9.96. The summed E-state index contributed by atoms with van der Waals surface area (Å²) < 4.78 is 88.7. The van der Waals surface area contributed by atoms with Crippen molar-refractivity contribution in [2.45, 2.75) is 130 Å². The van der Waals surface area contributed by atoms with Crippen LogP contribution in [0, 0.1) is 36.4 Å². The third-order valence-electron chi connectivity index (χ3n) is 13.7. The molecule has 9 aromatic rings. The molecule has 0 bridgehead atoms. The molecule has 0 aliphatic carbocycles. The molecule has 5 nitrogen and oxygen atoms in total. The van der Waals surface area contributed by atoms with Crippen LogP contribution in [-0.2, 0) is 56.5 Å². The van der Waals surface area contributed by atoms with E-state index in [9.17, 15) is 12.1 Å². The third-order valence-corrected chi connectivity index (χ3v) is 13.7. The summed E-state index contributed by atoms with van der Waals surface area (Å²) in [7, 11) is 0. The number of nitriles is 1. The first kappa shape index (κ1) is 41.0. The van der Waals surface area contributed by atoms with Gasteiger partial charge in [-0.1, -0.05) is 147 Å². The molecule has 364 valence electrons. The van der Waals surface area contributed by atoms with Crippen molar-refractivity contribution in [2.75, 3.05) is 0 Å². The number of benzene rings is 5.